The molecule has 2 aliphatic heterocycles. The van der Waals surface area contributed by atoms with E-state index in [0.717, 1.165) is 21.1 Å². The number of carbonyl (C=O) groups excluding carboxylic acids is 5. The smallest absolute Gasteiger partial charge is 0.471 e. The minimum absolute atomic E-state index is 0.0293. The number of anilines is 2. The van der Waals surface area contributed by atoms with Gasteiger partial charge >= 0.3 is 42.1 Å². The average molecular weight is 1490 g/mol. The average Bonchev–Trinajstić information content (AvgIpc) is 1.68. The molecular weight excluding hydrogens is 1410 g/mol. The molecule has 33 heteroatoms. The SMILES string of the molecule is CC(C)(C)c1ccc(C(=O)O)c(Cl)n1.COC(=O)c1ccc(C(CC[C@@H]2CN(C(=O)C(F)(F)F)C(C)(C)C2)Nc2cccc(S(=O)(=O)NC(=O)c3ccc(C(C)(C)C)nc3Cl)n2)cc1.COC(=O)c1ccc(C(CC[C@@H]2CN(C(=O)C(F)(F)F)C(C)(C)C2)Nc2cccc(S(N)(=O)=O)n2)cc1. The number of aromatic carboxylic acids is 1. The third-order valence-corrected chi connectivity index (χ3v) is 19.3. The summed E-state index contributed by atoms with van der Waals surface area (Å²) in [5.41, 5.74) is 0.881. The summed E-state index contributed by atoms with van der Waals surface area (Å²) in [6.07, 6.45) is -7.57. The minimum Gasteiger partial charge on any atom is -0.478 e. The fourth-order valence-corrected chi connectivity index (χ4v) is 13.4. The number of benzene rings is 2. The predicted molar refractivity (Wildman–Crippen MR) is 364 cm³/mol. The summed E-state index contributed by atoms with van der Waals surface area (Å²) in [4.78, 5) is 89.8. The maximum absolute atomic E-state index is 13.3. The van der Waals surface area contributed by atoms with E-state index in [4.69, 9.17) is 42.9 Å². The number of carboxylic acids is 1. The molecule has 6 N–H and O–H groups in total. The van der Waals surface area contributed by atoms with Gasteiger partial charge in [0, 0.05) is 46.4 Å². The number of halogens is 8. The van der Waals surface area contributed by atoms with Crippen molar-refractivity contribution in [1.29, 1.82) is 0 Å². The summed E-state index contributed by atoms with van der Waals surface area (Å²) in [7, 11) is -6.01. The number of primary sulfonamides is 1. The van der Waals surface area contributed by atoms with Gasteiger partial charge in [-0.2, -0.15) is 34.8 Å². The number of carbonyl (C=O) groups is 6. The number of pyridine rings is 4. The maximum Gasteiger partial charge on any atom is 0.471 e. The van der Waals surface area contributed by atoms with Gasteiger partial charge in [0.15, 0.2) is 10.1 Å². The summed E-state index contributed by atoms with van der Waals surface area (Å²) in [6, 6.07) is 26.6. The van der Waals surface area contributed by atoms with Crippen molar-refractivity contribution in [2.45, 2.75) is 164 Å². The van der Waals surface area contributed by atoms with Crippen LogP contribution in [0.2, 0.25) is 10.3 Å². The van der Waals surface area contributed by atoms with E-state index >= 15 is 0 Å². The first-order chi connectivity index (χ1) is 46.6. The third-order valence-electron chi connectivity index (χ3n) is 16.7. The van der Waals surface area contributed by atoms with E-state index in [1.807, 2.05) is 46.3 Å². The largest absolute Gasteiger partial charge is 0.478 e. The van der Waals surface area contributed by atoms with Crippen molar-refractivity contribution >= 4 is 90.5 Å². The first kappa shape index (κ1) is 81.4. The minimum atomic E-state index is -4.99. The fraction of sp³-hybridized carbons (Fsp3) is 0.441. The van der Waals surface area contributed by atoms with Gasteiger partial charge in [-0.25, -0.2) is 52.6 Å². The molecule has 4 atom stereocenters. The zero-order valence-electron chi connectivity index (χ0n) is 57.3. The van der Waals surface area contributed by atoms with Crippen molar-refractivity contribution in [3.05, 3.63) is 164 Å². The topological polar surface area (TPSA) is 330 Å². The highest BCUT2D eigenvalue weighted by Gasteiger charge is 2.52. The molecule has 23 nitrogen and oxygen atoms in total. The van der Waals surface area contributed by atoms with Crippen molar-refractivity contribution in [1.82, 2.24) is 34.5 Å². The van der Waals surface area contributed by atoms with Crippen LogP contribution in [0, 0.1) is 11.8 Å². The van der Waals surface area contributed by atoms with Gasteiger partial charge in [0.05, 0.1) is 48.6 Å². The van der Waals surface area contributed by atoms with E-state index in [1.165, 1.54) is 56.7 Å². The molecule has 2 aromatic carbocycles. The number of sulfonamides is 2. The molecule has 548 valence electrons. The number of ether oxygens (including phenoxy) is 2. The Bertz CT molecular complexity index is 4250. The van der Waals surface area contributed by atoms with E-state index in [0.29, 0.717) is 60.9 Å². The number of alkyl halides is 6. The van der Waals surface area contributed by atoms with Gasteiger partial charge in [-0.05, 0) is 162 Å². The molecule has 2 aliphatic rings. The Kier molecular flexibility index (Phi) is 26.0. The van der Waals surface area contributed by atoms with E-state index < -0.39 is 96.2 Å². The van der Waals surface area contributed by atoms with Crippen LogP contribution in [0.15, 0.2) is 119 Å². The first-order valence-corrected chi connectivity index (χ1v) is 35.1. The summed E-state index contributed by atoms with van der Waals surface area (Å²) in [5, 5.41) is 19.4. The second-order valence-corrected chi connectivity index (χ2v) is 31.3. The quantitative estimate of drug-likeness (QED) is 0.0286. The molecule has 101 heavy (non-hydrogen) atoms. The number of likely N-dealkylation sites (tertiary alicyclic amines) is 2. The molecule has 2 unspecified atom stereocenters. The van der Waals surface area contributed by atoms with Crippen molar-refractivity contribution in [3.63, 3.8) is 0 Å². The monoisotopic (exact) mass is 1490 g/mol. The fourth-order valence-electron chi connectivity index (χ4n) is 11.5. The second-order valence-electron chi connectivity index (χ2n) is 27.4. The molecule has 0 radical (unpaired) electrons. The highest BCUT2D eigenvalue weighted by molar-refractivity contribution is 7.90. The summed E-state index contributed by atoms with van der Waals surface area (Å²) in [5.74, 6) is -6.94. The third kappa shape index (κ3) is 22.0. The van der Waals surface area contributed by atoms with E-state index in [2.05, 4.69) is 30.6 Å². The zero-order valence-corrected chi connectivity index (χ0v) is 60.5. The zero-order chi connectivity index (χ0) is 75.8. The van der Waals surface area contributed by atoms with Crippen molar-refractivity contribution in [3.8, 4) is 0 Å². The standard InChI is InChI=1S/C34H39ClF3N5O6S.C24H29F3N4O5S.C10H12ClNO2/c1-32(2,3)25-17-15-23(28(35)40-25)29(44)42-50(47,48)27-9-7-8-26(41-27)39-24(21-11-13-22(14-12-21)30(45)49-6)16-10-20-18-33(4,5)43(19-20)31(46)34(36,37)38;1-23(2)13-15(14-31(23)22(33)24(25,26)27)7-12-18(16-8-10-17(11-9-16)21(32)36-3)29-19-5-4-6-20(30-19)37(28,34)35;1-10(2,3)7-5-4-6(9(13)14)8(11)12-7/h7-9,11-15,17,20,24H,10,16,18-19H2,1-6H3,(H,39,41)(H,42,44);4-6,8-11,15,18H,7,12-14H2,1-3H3,(H,29,30)(H2,28,34,35);4-5H,1-3H3,(H,13,14)/t20-,24?;15-,18?;/m00./s1. The number of methoxy groups -OCH3 is 2. The molecular formula is C68H80Cl2F6N10O13S2. The molecule has 0 aliphatic carbocycles. The molecule has 6 aromatic rings. The van der Waals surface area contributed by atoms with Crippen molar-refractivity contribution in [2.24, 2.45) is 17.0 Å². The van der Waals surface area contributed by atoms with Gasteiger partial charge in [0.1, 0.15) is 21.9 Å². The molecule has 3 amide bonds. The lowest BCUT2D eigenvalue weighted by atomic mass is 9.90. The van der Waals surface area contributed by atoms with Crippen molar-refractivity contribution < 1.29 is 86.5 Å². The Labute approximate surface area is 591 Å². The summed E-state index contributed by atoms with van der Waals surface area (Å²) in [6.45, 7) is 18.0. The van der Waals surface area contributed by atoms with Gasteiger partial charge in [-0.15, -0.1) is 0 Å². The molecule has 8 rings (SSSR count). The maximum atomic E-state index is 13.3. The predicted octanol–water partition coefficient (Wildman–Crippen LogP) is 12.8. The van der Waals surface area contributed by atoms with Gasteiger partial charge in [0.25, 0.3) is 26.0 Å². The lowest BCUT2D eigenvalue weighted by Gasteiger charge is -2.31. The Morgan fingerprint density at radius 2 is 0.941 bits per heavy atom. The lowest BCUT2D eigenvalue weighted by molar-refractivity contribution is -0.188. The molecule has 2 fully saturated rings. The Morgan fingerprint density at radius 1 is 0.574 bits per heavy atom. The number of carboxylic acid groups (broad SMARTS) is 1. The summed E-state index contributed by atoms with van der Waals surface area (Å²) >= 11 is 12.0. The Balaban J connectivity index is 0.000000274. The molecule has 0 bridgehead atoms. The van der Waals surface area contributed by atoms with Crippen LogP contribution >= 0.6 is 23.2 Å². The first-order valence-electron chi connectivity index (χ1n) is 31.3. The van der Waals surface area contributed by atoms with Crippen molar-refractivity contribution in [2.75, 3.05) is 37.9 Å². The Morgan fingerprint density at radius 3 is 1.28 bits per heavy atom. The number of nitrogens with two attached hydrogens (primary N) is 1. The summed E-state index contributed by atoms with van der Waals surface area (Å²) < 4.78 is 141. The number of hydrogen-bond donors (Lipinski definition) is 5. The number of nitrogens with one attached hydrogen (secondary N) is 3. The molecule has 4 aromatic heterocycles. The number of esters is 2. The van der Waals surface area contributed by atoms with Crippen LogP contribution in [-0.2, 0) is 49.9 Å². The van der Waals surface area contributed by atoms with Crippen LogP contribution in [0.5, 0.6) is 0 Å². The van der Waals surface area contributed by atoms with E-state index in [-0.39, 0.29) is 73.9 Å². The lowest BCUT2D eigenvalue weighted by Crippen LogP contribution is -2.48. The van der Waals surface area contributed by atoms with E-state index in [9.17, 15) is 71.9 Å². The van der Waals surface area contributed by atoms with Crippen LogP contribution in [-0.4, -0.2) is 138 Å². The number of rotatable bonds is 19. The Hall–Kier alpha value is -8.52. The van der Waals surface area contributed by atoms with Gasteiger partial charge in [0.2, 0.25) is 0 Å². The van der Waals surface area contributed by atoms with E-state index in [1.54, 1.807) is 94.4 Å². The highest BCUT2D eigenvalue weighted by atomic mass is 35.5. The number of amides is 3. The number of aromatic nitrogens is 4. The number of nitrogens with zero attached hydrogens (tertiary/aromatic N) is 6. The van der Waals surface area contributed by atoms with Crippen LogP contribution in [0.4, 0.5) is 38.0 Å². The van der Waals surface area contributed by atoms with Crippen LogP contribution in [0.1, 0.15) is 184 Å². The molecule has 6 heterocycles. The normalized spacial score (nSPS) is 16.6. The van der Waals surface area contributed by atoms with Crippen LogP contribution in [0.25, 0.3) is 0 Å². The highest BCUT2D eigenvalue weighted by Crippen LogP contribution is 2.42. The molecule has 0 spiro atoms. The number of hydrogen-bond acceptors (Lipinski definition) is 18. The molecule has 0 saturated carbocycles. The molecule has 2 saturated heterocycles. The van der Waals surface area contributed by atoms with Gasteiger partial charge < -0.3 is 35.0 Å². The van der Waals surface area contributed by atoms with Gasteiger partial charge in [-0.3, -0.25) is 14.4 Å². The van der Waals surface area contributed by atoms with Crippen LogP contribution in [0.3, 0.4) is 0 Å². The van der Waals surface area contributed by atoms with Crippen LogP contribution < -0.4 is 20.5 Å². The van der Waals surface area contributed by atoms with Gasteiger partial charge in [-0.1, -0.05) is 101 Å². The second kappa shape index (κ2) is 32.2.